The van der Waals surface area contributed by atoms with Gasteiger partial charge in [-0.25, -0.2) is 4.39 Å². The van der Waals surface area contributed by atoms with Crippen molar-refractivity contribution in [3.63, 3.8) is 0 Å². The lowest BCUT2D eigenvalue weighted by molar-refractivity contribution is 0.0773. The Morgan fingerprint density at radius 1 is 1.17 bits per heavy atom. The van der Waals surface area contributed by atoms with Gasteiger partial charge in [0.2, 0.25) is 0 Å². The van der Waals surface area contributed by atoms with Crippen LogP contribution in [-0.4, -0.2) is 37.6 Å². The number of amides is 1. The maximum Gasteiger partial charge on any atom is 0.253 e. The average Bonchev–Trinajstić information content (AvgIpc) is 2.61. The second kappa shape index (κ2) is 8.72. The topological polar surface area (TPSA) is 38.8 Å². The zero-order valence-corrected chi connectivity index (χ0v) is 13.6. The summed E-state index contributed by atoms with van der Waals surface area (Å²) in [5.41, 5.74) is 0.550. The van der Waals surface area contributed by atoms with Gasteiger partial charge in [0.25, 0.3) is 5.91 Å². The molecule has 4 nitrogen and oxygen atoms in total. The van der Waals surface area contributed by atoms with Crippen LogP contribution in [0.4, 0.5) is 4.39 Å². The third kappa shape index (κ3) is 4.84. The highest BCUT2D eigenvalue weighted by Gasteiger charge is 2.12. The van der Waals surface area contributed by atoms with Crippen molar-refractivity contribution in [2.24, 2.45) is 0 Å². The maximum atomic E-state index is 13.4. The molecule has 0 aliphatic heterocycles. The molecule has 24 heavy (non-hydrogen) atoms. The first-order valence-corrected chi connectivity index (χ1v) is 7.58. The van der Waals surface area contributed by atoms with E-state index in [4.69, 9.17) is 9.47 Å². The minimum atomic E-state index is -0.415. The van der Waals surface area contributed by atoms with Crippen LogP contribution in [0.15, 0.2) is 61.2 Å². The summed E-state index contributed by atoms with van der Waals surface area (Å²) in [6.07, 6.45) is 1.66. The Labute approximate surface area is 141 Å². The average molecular weight is 329 g/mol. The van der Waals surface area contributed by atoms with Crippen LogP contribution in [-0.2, 0) is 0 Å². The fourth-order valence-electron chi connectivity index (χ4n) is 2.03. The zero-order valence-electron chi connectivity index (χ0n) is 13.6. The predicted molar refractivity (Wildman–Crippen MR) is 91.0 cm³/mol. The van der Waals surface area contributed by atoms with Gasteiger partial charge in [-0.2, -0.15) is 0 Å². The van der Waals surface area contributed by atoms with Crippen molar-refractivity contribution in [2.45, 2.75) is 0 Å². The van der Waals surface area contributed by atoms with Crippen molar-refractivity contribution in [3.8, 4) is 11.5 Å². The molecule has 126 valence electrons. The van der Waals surface area contributed by atoms with Gasteiger partial charge in [-0.3, -0.25) is 4.79 Å². The third-order valence-corrected chi connectivity index (χ3v) is 3.34. The lowest BCUT2D eigenvalue weighted by Gasteiger charge is -2.18. The van der Waals surface area contributed by atoms with E-state index < -0.39 is 5.82 Å². The molecule has 0 spiro atoms. The van der Waals surface area contributed by atoms with E-state index in [0.29, 0.717) is 24.5 Å². The number of halogens is 1. The summed E-state index contributed by atoms with van der Waals surface area (Å²) in [7, 11) is 1.68. The smallest absolute Gasteiger partial charge is 0.253 e. The van der Waals surface area contributed by atoms with Crippen molar-refractivity contribution < 1.29 is 18.7 Å². The Kier molecular flexibility index (Phi) is 6.37. The van der Waals surface area contributed by atoms with Crippen LogP contribution in [0.25, 0.3) is 0 Å². The van der Waals surface area contributed by atoms with E-state index in [9.17, 15) is 9.18 Å². The van der Waals surface area contributed by atoms with E-state index in [1.165, 1.54) is 11.0 Å². The molecule has 0 saturated heterocycles. The van der Waals surface area contributed by atoms with Crippen molar-refractivity contribution in [1.29, 1.82) is 0 Å². The molecule has 0 aliphatic rings. The summed E-state index contributed by atoms with van der Waals surface area (Å²) in [5, 5.41) is 0. The monoisotopic (exact) mass is 329 g/mol. The Bertz CT molecular complexity index is 685. The van der Waals surface area contributed by atoms with Crippen LogP contribution >= 0.6 is 0 Å². The number of carbonyl (C=O) groups is 1. The fraction of sp³-hybridized carbons (Fsp3) is 0.211. The molecule has 5 heteroatoms. The summed E-state index contributed by atoms with van der Waals surface area (Å²) >= 11 is 0. The van der Waals surface area contributed by atoms with E-state index in [0.717, 1.165) is 0 Å². The molecular weight excluding hydrogens is 309 g/mol. The molecule has 0 N–H and O–H groups in total. The zero-order chi connectivity index (χ0) is 17.4. The van der Waals surface area contributed by atoms with Crippen LogP contribution in [0, 0.1) is 5.82 Å². The Morgan fingerprint density at radius 2 is 1.88 bits per heavy atom. The molecule has 2 aromatic carbocycles. The van der Waals surface area contributed by atoms with Crippen molar-refractivity contribution in [2.75, 3.05) is 26.8 Å². The summed E-state index contributed by atoms with van der Waals surface area (Å²) in [5.74, 6) is 0.308. The molecule has 0 fully saturated rings. The molecule has 0 atom stereocenters. The largest absolute Gasteiger partial charge is 0.490 e. The van der Waals surface area contributed by atoms with E-state index >= 15 is 0 Å². The SMILES string of the molecule is C=CCOc1ccc(C(=O)N(C)CCOc2ccccc2F)cc1. The first-order valence-electron chi connectivity index (χ1n) is 7.58. The second-order valence-corrected chi connectivity index (χ2v) is 5.13. The second-order valence-electron chi connectivity index (χ2n) is 5.13. The number of likely N-dealkylation sites (N-methyl/N-ethyl adjacent to an activating group) is 1. The van der Waals surface area contributed by atoms with Gasteiger partial charge < -0.3 is 14.4 Å². The van der Waals surface area contributed by atoms with Gasteiger partial charge in [-0.15, -0.1) is 0 Å². The standard InChI is InChI=1S/C19H20FNO3/c1-3-13-23-16-10-8-15(9-11-16)19(22)21(2)12-14-24-18-7-5-4-6-17(18)20/h3-11H,1,12-14H2,2H3. The summed E-state index contributed by atoms with van der Waals surface area (Å²) in [4.78, 5) is 13.8. The minimum absolute atomic E-state index is 0.137. The van der Waals surface area contributed by atoms with Crippen molar-refractivity contribution in [1.82, 2.24) is 4.90 Å². The van der Waals surface area contributed by atoms with Gasteiger partial charge in [0.15, 0.2) is 11.6 Å². The summed E-state index contributed by atoms with van der Waals surface area (Å²) in [6, 6.07) is 13.1. The van der Waals surface area contributed by atoms with E-state index in [-0.39, 0.29) is 18.3 Å². The molecule has 0 aliphatic carbocycles. The number of benzene rings is 2. The fourth-order valence-corrected chi connectivity index (χ4v) is 2.03. The summed E-state index contributed by atoms with van der Waals surface area (Å²) < 4.78 is 24.2. The number of hydrogen-bond acceptors (Lipinski definition) is 3. The lowest BCUT2D eigenvalue weighted by atomic mass is 10.2. The van der Waals surface area contributed by atoms with Crippen LogP contribution in [0.2, 0.25) is 0 Å². The molecular formula is C19H20FNO3. The molecule has 0 saturated carbocycles. The number of ether oxygens (including phenoxy) is 2. The molecule has 0 unspecified atom stereocenters. The van der Waals surface area contributed by atoms with Crippen LogP contribution in [0.3, 0.4) is 0 Å². The molecule has 0 heterocycles. The van der Waals surface area contributed by atoms with Crippen LogP contribution < -0.4 is 9.47 Å². The molecule has 0 bridgehead atoms. The quantitative estimate of drug-likeness (QED) is 0.695. The molecule has 2 rings (SSSR count). The first-order chi connectivity index (χ1) is 11.6. The normalized spacial score (nSPS) is 10.1. The number of carbonyl (C=O) groups excluding carboxylic acids is 1. The van der Waals surface area contributed by atoms with E-state index in [1.807, 2.05) is 0 Å². The van der Waals surface area contributed by atoms with Gasteiger partial charge in [0.1, 0.15) is 19.0 Å². The van der Waals surface area contributed by atoms with Gasteiger partial charge >= 0.3 is 0 Å². The minimum Gasteiger partial charge on any atom is -0.490 e. The van der Waals surface area contributed by atoms with Gasteiger partial charge in [0, 0.05) is 12.6 Å². The molecule has 0 radical (unpaired) electrons. The molecule has 2 aromatic rings. The van der Waals surface area contributed by atoms with E-state index in [1.54, 1.807) is 55.6 Å². The van der Waals surface area contributed by atoms with Crippen molar-refractivity contribution >= 4 is 5.91 Å². The maximum absolute atomic E-state index is 13.4. The first kappa shape index (κ1) is 17.5. The third-order valence-electron chi connectivity index (χ3n) is 3.34. The Balaban J connectivity index is 1.85. The number of rotatable bonds is 8. The number of hydrogen-bond donors (Lipinski definition) is 0. The Hall–Kier alpha value is -2.82. The van der Waals surface area contributed by atoms with E-state index in [2.05, 4.69) is 6.58 Å². The molecule has 0 aromatic heterocycles. The highest BCUT2D eigenvalue weighted by atomic mass is 19.1. The van der Waals surface area contributed by atoms with Crippen molar-refractivity contribution in [3.05, 3.63) is 72.6 Å². The van der Waals surface area contributed by atoms with Crippen LogP contribution in [0.1, 0.15) is 10.4 Å². The number of para-hydroxylation sites is 1. The number of nitrogens with zero attached hydrogens (tertiary/aromatic N) is 1. The lowest BCUT2D eigenvalue weighted by Crippen LogP contribution is -2.30. The Morgan fingerprint density at radius 3 is 2.54 bits per heavy atom. The van der Waals surface area contributed by atoms with Gasteiger partial charge in [-0.1, -0.05) is 24.8 Å². The summed E-state index contributed by atoms with van der Waals surface area (Å²) in [6.45, 7) is 4.56. The highest BCUT2D eigenvalue weighted by Crippen LogP contribution is 2.16. The van der Waals surface area contributed by atoms with Gasteiger partial charge in [-0.05, 0) is 36.4 Å². The molecule has 1 amide bonds. The highest BCUT2D eigenvalue weighted by molar-refractivity contribution is 5.94. The van der Waals surface area contributed by atoms with Crippen LogP contribution in [0.5, 0.6) is 11.5 Å². The van der Waals surface area contributed by atoms with Gasteiger partial charge in [0.05, 0.1) is 6.54 Å². The predicted octanol–water partition coefficient (Wildman–Crippen LogP) is 3.54.